The van der Waals surface area contributed by atoms with E-state index >= 15 is 0 Å². The number of hydrogen-bond acceptors (Lipinski definition) is 2. The molecule has 0 N–H and O–H groups in total. The Balaban J connectivity index is 2.81. The fraction of sp³-hybridized carbons (Fsp3) is 0.500. The summed E-state index contributed by atoms with van der Waals surface area (Å²) in [5.74, 6) is 0. The maximum atomic E-state index is 5.51. The summed E-state index contributed by atoms with van der Waals surface area (Å²) in [5.41, 5.74) is 1.22. The predicted octanol–water partition coefficient (Wildman–Crippen LogP) is 2.67. The Kier molecular flexibility index (Phi) is 4.63. The highest BCUT2D eigenvalue weighted by atomic mass is 16.5. The van der Waals surface area contributed by atoms with Crippen LogP contribution >= 0.6 is 0 Å². The van der Waals surface area contributed by atoms with E-state index in [0.717, 1.165) is 13.1 Å². The van der Waals surface area contributed by atoms with Gasteiger partial charge in [0, 0.05) is 7.11 Å². The second kappa shape index (κ2) is 5.78. The van der Waals surface area contributed by atoms with Crippen molar-refractivity contribution >= 4 is 0 Å². The van der Waals surface area contributed by atoms with Gasteiger partial charge in [0.05, 0.1) is 0 Å². The van der Waals surface area contributed by atoms with Crippen LogP contribution in [0.4, 0.5) is 0 Å². The fourth-order valence-electron chi connectivity index (χ4n) is 1.67. The lowest BCUT2D eigenvalue weighted by Crippen LogP contribution is -2.29. The molecule has 0 fully saturated rings. The van der Waals surface area contributed by atoms with E-state index in [-0.39, 0.29) is 6.23 Å². The summed E-state index contributed by atoms with van der Waals surface area (Å²) in [4.78, 5) is 2.29. The number of hydrogen-bond donors (Lipinski definition) is 0. The highest BCUT2D eigenvalue weighted by molar-refractivity contribution is 5.17. The van der Waals surface area contributed by atoms with Gasteiger partial charge in [-0.05, 0) is 18.7 Å². The Morgan fingerprint density at radius 2 is 1.71 bits per heavy atom. The maximum absolute atomic E-state index is 5.51. The van der Waals surface area contributed by atoms with Crippen LogP contribution in [-0.2, 0) is 4.74 Å². The van der Waals surface area contributed by atoms with Crippen LogP contribution in [0.15, 0.2) is 30.3 Å². The Morgan fingerprint density at radius 3 is 2.14 bits per heavy atom. The van der Waals surface area contributed by atoms with Crippen LogP contribution < -0.4 is 0 Å². The molecule has 0 aliphatic heterocycles. The number of nitrogens with zero attached hydrogens (tertiary/aromatic N) is 1. The van der Waals surface area contributed by atoms with Crippen molar-refractivity contribution in [2.24, 2.45) is 0 Å². The number of methoxy groups -OCH3 is 1. The lowest BCUT2D eigenvalue weighted by Gasteiger charge is -2.28. The summed E-state index contributed by atoms with van der Waals surface area (Å²) < 4.78 is 5.51. The molecule has 0 aliphatic rings. The van der Waals surface area contributed by atoms with Crippen LogP contribution in [0.5, 0.6) is 0 Å². The highest BCUT2D eigenvalue weighted by Gasteiger charge is 2.15. The first-order valence-corrected chi connectivity index (χ1v) is 5.15. The second-order valence-electron chi connectivity index (χ2n) is 3.22. The lowest BCUT2D eigenvalue weighted by molar-refractivity contribution is -0.0294. The van der Waals surface area contributed by atoms with Crippen LogP contribution in [0.2, 0.25) is 0 Å². The molecule has 78 valence electrons. The van der Waals surface area contributed by atoms with Crippen LogP contribution in [0, 0.1) is 0 Å². The molecule has 1 rings (SSSR count). The smallest absolute Gasteiger partial charge is 0.136 e. The Hall–Kier alpha value is -0.860. The van der Waals surface area contributed by atoms with Gasteiger partial charge in [0.25, 0.3) is 0 Å². The molecule has 1 aromatic rings. The van der Waals surface area contributed by atoms with Gasteiger partial charge in [-0.1, -0.05) is 44.2 Å². The molecule has 2 heteroatoms. The van der Waals surface area contributed by atoms with Crippen molar-refractivity contribution in [3.8, 4) is 0 Å². The van der Waals surface area contributed by atoms with Gasteiger partial charge in [-0.2, -0.15) is 0 Å². The number of benzene rings is 1. The van der Waals surface area contributed by atoms with Gasteiger partial charge in [-0.25, -0.2) is 0 Å². The monoisotopic (exact) mass is 193 g/mol. The summed E-state index contributed by atoms with van der Waals surface area (Å²) >= 11 is 0. The van der Waals surface area contributed by atoms with Gasteiger partial charge in [-0.15, -0.1) is 0 Å². The van der Waals surface area contributed by atoms with Crippen LogP contribution in [0.25, 0.3) is 0 Å². The average molecular weight is 193 g/mol. The van der Waals surface area contributed by atoms with Crippen molar-refractivity contribution in [2.45, 2.75) is 20.1 Å². The van der Waals surface area contributed by atoms with Crippen LogP contribution in [-0.4, -0.2) is 25.1 Å². The van der Waals surface area contributed by atoms with E-state index in [0.29, 0.717) is 0 Å². The molecule has 0 heterocycles. The third-order valence-corrected chi connectivity index (χ3v) is 2.45. The lowest BCUT2D eigenvalue weighted by atomic mass is 10.2. The summed E-state index contributed by atoms with van der Waals surface area (Å²) in [5, 5.41) is 0. The molecule has 0 bridgehead atoms. The standard InChI is InChI=1S/C12H19NO/c1-4-13(5-2)12(14-3)11-9-7-6-8-10-11/h6-10,12H,4-5H2,1-3H3. The van der Waals surface area contributed by atoms with Gasteiger partial charge < -0.3 is 4.74 Å². The van der Waals surface area contributed by atoms with Crippen molar-refractivity contribution in [1.29, 1.82) is 0 Å². The molecule has 14 heavy (non-hydrogen) atoms. The molecule has 2 nitrogen and oxygen atoms in total. The fourth-order valence-corrected chi connectivity index (χ4v) is 1.67. The zero-order valence-corrected chi connectivity index (χ0v) is 9.23. The molecule has 1 unspecified atom stereocenters. The molecule has 1 atom stereocenters. The summed E-state index contributed by atoms with van der Waals surface area (Å²) in [6.45, 7) is 6.31. The van der Waals surface area contributed by atoms with Crippen LogP contribution in [0.3, 0.4) is 0 Å². The quantitative estimate of drug-likeness (QED) is 0.667. The Bertz CT molecular complexity index is 244. The third kappa shape index (κ3) is 2.56. The molecule has 0 radical (unpaired) electrons. The van der Waals surface area contributed by atoms with E-state index in [9.17, 15) is 0 Å². The van der Waals surface area contributed by atoms with E-state index in [2.05, 4.69) is 30.9 Å². The Labute approximate surface area is 86.5 Å². The molecule has 0 aromatic heterocycles. The van der Waals surface area contributed by atoms with Gasteiger partial charge in [0.2, 0.25) is 0 Å². The van der Waals surface area contributed by atoms with Crippen molar-refractivity contribution < 1.29 is 4.74 Å². The van der Waals surface area contributed by atoms with E-state index in [1.54, 1.807) is 7.11 Å². The molecular weight excluding hydrogens is 174 g/mol. The minimum atomic E-state index is 0.0891. The third-order valence-electron chi connectivity index (χ3n) is 2.45. The molecule has 1 aromatic carbocycles. The van der Waals surface area contributed by atoms with E-state index in [1.807, 2.05) is 18.2 Å². The zero-order valence-electron chi connectivity index (χ0n) is 9.23. The van der Waals surface area contributed by atoms with Gasteiger partial charge in [-0.3, -0.25) is 4.90 Å². The van der Waals surface area contributed by atoms with Crippen molar-refractivity contribution in [3.05, 3.63) is 35.9 Å². The largest absolute Gasteiger partial charge is 0.362 e. The minimum absolute atomic E-state index is 0.0891. The first kappa shape index (κ1) is 11.2. The SMILES string of the molecule is CCN(CC)C(OC)c1ccccc1. The van der Waals surface area contributed by atoms with Crippen molar-refractivity contribution in [3.63, 3.8) is 0 Å². The molecule has 0 saturated heterocycles. The summed E-state index contributed by atoms with van der Waals surface area (Å²) in [7, 11) is 1.76. The first-order chi connectivity index (χ1) is 6.83. The van der Waals surface area contributed by atoms with Crippen molar-refractivity contribution in [2.75, 3.05) is 20.2 Å². The molecule has 0 spiro atoms. The van der Waals surface area contributed by atoms with E-state index in [1.165, 1.54) is 5.56 Å². The zero-order chi connectivity index (χ0) is 10.4. The van der Waals surface area contributed by atoms with Crippen LogP contribution in [0.1, 0.15) is 25.6 Å². The van der Waals surface area contributed by atoms with Gasteiger partial charge in [0.1, 0.15) is 6.23 Å². The van der Waals surface area contributed by atoms with Crippen molar-refractivity contribution in [1.82, 2.24) is 4.90 Å². The van der Waals surface area contributed by atoms with E-state index < -0.39 is 0 Å². The topological polar surface area (TPSA) is 12.5 Å². The minimum Gasteiger partial charge on any atom is -0.362 e. The van der Waals surface area contributed by atoms with Gasteiger partial charge >= 0.3 is 0 Å². The molecule has 0 saturated carbocycles. The Morgan fingerprint density at radius 1 is 1.14 bits per heavy atom. The highest BCUT2D eigenvalue weighted by Crippen LogP contribution is 2.20. The summed E-state index contributed by atoms with van der Waals surface area (Å²) in [6, 6.07) is 10.3. The number of ether oxygens (including phenoxy) is 1. The number of rotatable bonds is 5. The van der Waals surface area contributed by atoms with Gasteiger partial charge in [0.15, 0.2) is 0 Å². The molecule has 0 amide bonds. The summed E-state index contributed by atoms with van der Waals surface area (Å²) in [6.07, 6.45) is 0.0891. The van der Waals surface area contributed by atoms with E-state index in [4.69, 9.17) is 4.74 Å². The molecular formula is C12H19NO. The first-order valence-electron chi connectivity index (χ1n) is 5.15. The normalized spacial score (nSPS) is 13.1. The second-order valence-corrected chi connectivity index (χ2v) is 3.22. The molecule has 0 aliphatic carbocycles. The maximum Gasteiger partial charge on any atom is 0.136 e. The predicted molar refractivity (Wildman–Crippen MR) is 59.1 cm³/mol. The average Bonchev–Trinajstić information content (AvgIpc) is 2.27.